The van der Waals surface area contributed by atoms with Gasteiger partial charge in [-0.3, -0.25) is 10.1 Å². The molecule has 7 nitrogen and oxygen atoms in total. The third kappa shape index (κ3) is 3.39. The molecule has 3 rings (SSSR count). The molecule has 1 aromatic rings. The second kappa shape index (κ2) is 6.54. The van der Waals surface area contributed by atoms with Crippen molar-refractivity contribution < 1.29 is 13.3 Å². The van der Waals surface area contributed by atoms with Gasteiger partial charge in [0.05, 0.1) is 9.82 Å². The molecule has 126 valence electrons. The Morgan fingerprint density at radius 3 is 2.52 bits per heavy atom. The van der Waals surface area contributed by atoms with Crippen LogP contribution in [0.5, 0.6) is 0 Å². The third-order valence-corrected chi connectivity index (χ3v) is 6.75. The Labute approximate surface area is 135 Å². The van der Waals surface area contributed by atoms with Crippen LogP contribution in [0.1, 0.15) is 19.3 Å². The molecule has 2 aliphatic heterocycles. The Bertz CT molecular complexity index is 668. The first-order chi connectivity index (χ1) is 11.0. The van der Waals surface area contributed by atoms with E-state index in [2.05, 4.69) is 5.32 Å². The second-order valence-corrected chi connectivity index (χ2v) is 8.21. The first-order valence-corrected chi connectivity index (χ1v) is 9.38. The molecule has 23 heavy (non-hydrogen) atoms. The fourth-order valence-electron chi connectivity index (χ4n) is 3.55. The van der Waals surface area contributed by atoms with Crippen LogP contribution in [0.4, 0.5) is 5.69 Å². The van der Waals surface area contributed by atoms with E-state index >= 15 is 0 Å². The van der Waals surface area contributed by atoms with Crippen molar-refractivity contribution in [1.82, 2.24) is 9.62 Å². The minimum absolute atomic E-state index is 0.0995. The lowest BCUT2D eigenvalue weighted by Gasteiger charge is -2.34. The fourth-order valence-corrected chi connectivity index (χ4v) is 5.08. The van der Waals surface area contributed by atoms with Crippen LogP contribution in [0.25, 0.3) is 0 Å². The van der Waals surface area contributed by atoms with E-state index in [9.17, 15) is 18.5 Å². The van der Waals surface area contributed by atoms with Gasteiger partial charge < -0.3 is 5.32 Å². The maximum absolute atomic E-state index is 12.8. The largest absolute Gasteiger partial charge is 0.316 e. The maximum Gasteiger partial charge on any atom is 0.269 e. The molecule has 2 atom stereocenters. The van der Waals surface area contributed by atoms with Crippen molar-refractivity contribution in [3.05, 3.63) is 34.4 Å². The van der Waals surface area contributed by atoms with Crippen molar-refractivity contribution in [2.75, 3.05) is 26.2 Å². The first kappa shape index (κ1) is 16.4. The van der Waals surface area contributed by atoms with Crippen LogP contribution < -0.4 is 5.32 Å². The maximum atomic E-state index is 12.8. The lowest BCUT2D eigenvalue weighted by Crippen LogP contribution is -2.42. The SMILES string of the molecule is O=[N+]([O-])c1ccc(S(=O)(=O)N2CCCC(C3CCNC3)C2)cc1. The van der Waals surface area contributed by atoms with Crippen LogP contribution >= 0.6 is 0 Å². The second-order valence-electron chi connectivity index (χ2n) is 6.27. The lowest BCUT2D eigenvalue weighted by molar-refractivity contribution is -0.384. The molecule has 0 saturated carbocycles. The minimum atomic E-state index is -3.58. The number of nitrogens with one attached hydrogen (secondary N) is 1. The van der Waals surface area contributed by atoms with Gasteiger partial charge in [0.1, 0.15) is 0 Å². The summed E-state index contributed by atoms with van der Waals surface area (Å²) >= 11 is 0. The van der Waals surface area contributed by atoms with Crippen LogP contribution in [0, 0.1) is 22.0 Å². The number of sulfonamides is 1. The van der Waals surface area contributed by atoms with Gasteiger partial charge in [0.2, 0.25) is 10.0 Å². The van der Waals surface area contributed by atoms with Crippen LogP contribution in [-0.2, 0) is 10.0 Å². The van der Waals surface area contributed by atoms with Crippen LogP contribution in [-0.4, -0.2) is 43.8 Å². The molecule has 2 saturated heterocycles. The number of rotatable bonds is 4. The zero-order valence-corrected chi connectivity index (χ0v) is 13.7. The van der Waals surface area contributed by atoms with Crippen molar-refractivity contribution in [3.63, 3.8) is 0 Å². The monoisotopic (exact) mass is 339 g/mol. The highest BCUT2D eigenvalue weighted by Gasteiger charge is 2.34. The first-order valence-electron chi connectivity index (χ1n) is 7.94. The minimum Gasteiger partial charge on any atom is -0.316 e. The van der Waals surface area contributed by atoms with E-state index in [1.54, 1.807) is 4.31 Å². The van der Waals surface area contributed by atoms with E-state index in [0.29, 0.717) is 24.9 Å². The van der Waals surface area contributed by atoms with Crippen molar-refractivity contribution in [2.45, 2.75) is 24.2 Å². The van der Waals surface area contributed by atoms with E-state index in [4.69, 9.17) is 0 Å². The molecule has 0 bridgehead atoms. The van der Waals surface area contributed by atoms with E-state index in [0.717, 1.165) is 32.4 Å². The number of non-ortho nitro benzene ring substituents is 1. The molecule has 2 fully saturated rings. The van der Waals surface area contributed by atoms with Gasteiger partial charge in [-0.05, 0) is 56.3 Å². The Balaban J connectivity index is 1.76. The van der Waals surface area contributed by atoms with E-state index in [1.807, 2.05) is 0 Å². The highest BCUT2D eigenvalue weighted by Crippen LogP contribution is 2.31. The molecular formula is C15H21N3O4S. The van der Waals surface area contributed by atoms with Gasteiger partial charge in [-0.2, -0.15) is 4.31 Å². The summed E-state index contributed by atoms with van der Waals surface area (Å²) in [6, 6.07) is 5.15. The topological polar surface area (TPSA) is 92.5 Å². The summed E-state index contributed by atoms with van der Waals surface area (Å²) in [7, 11) is -3.58. The highest BCUT2D eigenvalue weighted by atomic mass is 32.2. The van der Waals surface area contributed by atoms with Gasteiger partial charge >= 0.3 is 0 Å². The summed E-state index contributed by atoms with van der Waals surface area (Å²) in [6.07, 6.45) is 3.04. The summed E-state index contributed by atoms with van der Waals surface area (Å²) in [4.78, 5) is 10.3. The Hall–Kier alpha value is -1.51. The predicted octanol–water partition coefficient (Wildman–Crippen LogP) is 1.60. The van der Waals surface area contributed by atoms with Crippen LogP contribution in [0.15, 0.2) is 29.2 Å². The van der Waals surface area contributed by atoms with Gasteiger partial charge in [0.25, 0.3) is 5.69 Å². The molecule has 0 radical (unpaired) electrons. The number of benzene rings is 1. The molecule has 1 aromatic carbocycles. The highest BCUT2D eigenvalue weighted by molar-refractivity contribution is 7.89. The molecular weight excluding hydrogens is 318 g/mol. The van der Waals surface area contributed by atoms with Crippen LogP contribution in [0.2, 0.25) is 0 Å². The summed E-state index contributed by atoms with van der Waals surface area (Å²) in [5.41, 5.74) is -0.0995. The van der Waals surface area contributed by atoms with Crippen molar-refractivity contribution >= 4 is 15.7 Å². The van der Waals surface area contributed by atoms with Crippen LogP contribution in [0.3, 0.4) is 0 Å². The lowest BCUT2D eigenvalue weighted by atomic mass is 9.86. The Kier molecular flexibility index (Phi) is 4.65. The standard InChI is InChI=1S/C15H21N3O4S/c19-18(20)14-3-5-15(6-4-14)23(21,22)17-9-1-2-13(11-17)12-7-8-16-10-12/h3-6,12-13,16H,1-2,7-11H2. The van der Waals surface area contributed by atoms with E-state index in [-0.39, 0.29) is 10.6 Å². The zero-order valence-electron chi connectivity index (χ0n) is 12.8. The predicted molar refractivity (Wildman–Crippen MR) is 85.6 cm³/mol. The summed E-state index contributed by atoms with van der Waals surface area (Å²) in [5, 5.41) is 14.0. The Morgan fingerprint density at radius 2 is 1.91 bits per heavy atom. The smallest absolute Gasteiger partial charge is 0.269 e. The number of piperidine rings is 1. The number of hydrogen-bond acceptors (Lipinski definition) is 5. The number of nitrogens with zero attached hydrogens (tertiary/aromatic N) is 2. The van der Waals surface area contributed by atoms with Crippen molar-refractivity contribution in [1.29, 1.82) is 0 Å². The number of nitro benzene ring substituents is 1. The quantitative estimate of drug-likeness (QED) is 0.664. The van der Waals surface area contributed by atoms with Gasteiger partial charge in [-0.25, -0.2) is 8.42 Å². The van der Waals surface area contributed by atoms with Crippen molar-refractivity contribution in [3.8, 4) is 0 Å². The molecule has 1 N–H and O–H groups in total. The summed E-state index contributed by atoms with van der Waals surface area (Å²) in [5.74, 6) is 0.941. The normalized spacial score (nSPS) is 26.3. The summed E-state index contributed by atoms with van der Waals surface area (Å²) in [6.45, 7) is 3.05. The van der Waals surface area contributed by atoms with Gasteiger partial charge in [-0.15, -0.1) is 0 Å². The average molecular weight is 339 g/mol. The molecule has 0 aliphatic carbocycles. The molecule has 0 spiro atoms. The molecule has 0 aromatic heterocycles. The number of nitro groups is 1. The van der Waals surface area contributed by atoms with Crippen molar-refractivity contribution in [2.24, 2.45) is 11.8 Å². The molecule has 0 amide bonds. The average Bonchev–Trinajstić information content (AvgIpc) is 3.09. The van der Waals surface area contributed by atoms with Gasteiger partial charge in [0.15, 0.2) is 0 Å². The van der Waals surface area contributed by atoms with Gasteiger partial charge in [0, 0.05) is 25.2 Å². The van der Waals surface area contributed by atoms with E-state index < -0.39 is 14.9 Å². The third-order valence-electron chi connectivity index (χ3n) is 4.87. The fraction of sp³-hybridized carbons (Fsp3) is 0.600. The Morgan fingerprint density at radius 1 is 1.17 bits per heavy atom. The molecule has 2 unspecified atom stereocenters. The van der Waals surface area contributed by atoms with E-state index in [1.165, 1.54) is 24.3 Å². The molecule has 2 aliphatic rings. The van der Waals surface area contributed by atoms with Gasteiger partial charge in [-0.1, -0.05) is 0 Å². The summed E-state index contributed by atoms with van der Waals surface area (Å²) < 4.78 is 27.1. The number of hydrogen-bond donors (Lipinski definition) is 1. The molecule has 8 heteroatoms. The zero-order chi connectivity index (χ0) is 16.4. The molecule has 2 heterocycles.